The number of methoxy groups -OCH3 is 1. The van der Waals surface area contributed by atoms with Crippen LogP contribution in [0.2, 0.25) is 0 Å². The summed E-state index contributed by atoms with van der Waals surface area (Å²) in [5.74, 6) is 0.827. The molecule has 4 heteroatoms. The highest BCUT2D eigenvalue weighted by molar-refractivity contribution is 5.28. The van der Waals surface area contributed by atoms with Gasteiger partial charge in [0.2, 0.25) is 0 Å². The van der Waals surface area contributed by atoms with Crippen LogP contribution in [0.1, 0.15) is 31.9 Å². The monoisotopic (exact) mass is 292 g/mol. The normalized spacial score (nSPS) is 20.2. The second-order valence-electron chi connectivity index (χ2n) is 5.88. The third-order valence-electron chi connectivity index (χ3n) is 4.55. The lowest BCUT2D eigenvalue weighted by atomic mass is 10.1. The highest BCUT2D eigenvalue weighted by Gasteiger charge is 2.22. The molecule has 0 radical (unpaired) electrons. The van der Waals surface area contributed by atoms with Crippen LogP contribution >= 0.6 is 0 Å². The van der Waals surface area contributed by atoms with Gasteiger partial charge in [0.1, 0.15) is 5.75 Å². The Balaban J connectivity index is 1.82. The third-order valence-corrected chi connectivity index (χ3v) is 4.55. The van der Waals surface area contributed by atoms with E-state index in [0.717, 1.165) is 37.5 Å². The minimum absolute atomic E-state index is 0.425. The van der Waals surface area contributed by atoms with Crippen LogP contribution in [0, 0.1) is 0 Å². The van der Waals surface area contributed by atoms with Gasteiger partial charge in [0.05, 0.1) is 13.2 Å². The number of hydrogen-bond acceptors (Lipinski definition) is 4. The van der Waals surface area contributed by atoms with Crippen molar-refractivity contribution in [3.63, 3.8) is 0 Å². The molecule has 118 valence electrons. The van der Waals surface area contributed by atoms with Crippen molar-refractivity contribution in [1.29, 1.82) is 0 Å². The van der Waals surface area contributed by atoms with Crippen molar-refractivity contribution in [1.82, 2.24) is 9.80 Å². The SMILES string of the molecule is CCC(C)N1CCN(CC(O)c2ccc(OC)cc2)CC1. The standard InChI is InChI=1S/C17H28N2O2/c1-4-14(2)19-11-9-18(10-12-19)13-17(20)15-5-7-16(21-3)8-6-15/h5-8,14,17,20H,4,9-13H2,1-3H3. The van der Waals surface area contributed by atoms with Gasteiger partial charge in [-0.25, -0.2) is 0 Å². The Kier molecular flexibility index (Phi) is 6.03. The summed E-state index contributed by atoms with van der Waals surface area (Å²) in [6, 6.07) is 8.36. The number of benzene rings is 1. The molecule has 2 rings (SSSR count). The van der Waals surface area contributed by atoms with Gasteiger partial charge in [-0.1, -0.05) is 19.1 Å². The van der Waals surface area contributed by atoms with E-state index in [2.05, 4.69) is 23.6 Å². The highest BCUT2D eigenvalue weighted by atomic mass is 16.5. The van der Waals surface area contributed by atoms with Gasteiger partial charge in [-0.2, -0.15) is 0 Å². The molecule has 1 aliphatic heterocycles. The molecule has 1 N–H and O–H groups in total. The molecule has 1 heterocycles. The van der Waals surface area contributed by atoms with E-state index in [1.165, 1.54) is 6.42 Å². The van der Waals surface area contributed by atoms with Crippen LogP contribution < -0.4 is 4.74 Å². The fourth-order valence-corrected chi connectivity index (χ4v) is 2.82. The van der Waals surface area contributed by atoms with E-state index in [1.807, 2.05) is 24.3 Å². The Labute approximate surface area is 128 Å². The first-order chi connectivity index (χ1) is 10.1. The molecule has 1 aromatic carbocycles. The molecule has 0 aliphatic carbocycles. The molecule has 4 nitrogen and oxygen atoms in total. The summed E-state index contributed by atoms with van der Waals surface area (Å²) < 4.78 is 5.15. The predicted octanol–water partition coefficient (Wildman–Crippen LogP) is 2.14. The van der Waals surface area contributed by atoms with Crippen molar-refractivity contribution in [2.24, 2.45) is 0 Å². The van der Waals surface area contributed by atoms with E-state index >= 15 is 0 Å². The molecular weight excluding hydrogens is 264 g/mol. The number of aliphatic hydroxyl groups excluding tert-OH is 1. The average molecular weight is 292 g/mol. The van der Waals surface area contributed by atoms with Gasteiger partial charge in [-0.3, -0.25) is 9.80 Å². The molecule has 0 spiro atoms. The molecule has 1 fully saturated rings. The summed E-state index contributed by atoms with van der Waals surface area (Å²) in [5.41, 5.74) is 0.958. The molecule has 0 aromatic heterocycles. The van der Waals surface area contributed by atoms with Crippen molar-refractivity contribution in [2.45, 2.75) is 32.4 Å². The quantitative estimate of drug-likeness (QED) is 0.871. The maximum atomic E-state index is 10.4. The van der Waals surface area contributed by atoms with Gasteiger partial charge < -0.3 is 9.84 Å². The lowest BCUT2D eigenvalue weighted by Gasteiger charge is -2.38. The van der Waals surface area contributed by atoms with Crippen LogP contribution in [0.3, 0.4) is 0 Å². The van der Waals surface area contributed by atoms with Gasteiger partial charge in [0.15, 0.2) is 0 Å². The minimum atomic E-state index is -0.425. The van der Waals surface area contributed by atoms with E-state index in [4.69, 9.17) is 4.74 Å². The molecule has 2 unspecified atom stereocenters. The van der Waals surface area contributed by atoms with Crippen LogP contribution in [0.5, 0.6) is 5.75 Å². The smallest absolute Gasteiger partial charge is 0.118 e. The summed E-state index contributed by atoms with van der Waals surface area (Å²) >= 11 is 0. The van der Waals surface area contributed by atoms with Crippen LogP contribution in [0.25, 0.3) is 0 Å². The first kappa shape index (κ1) is 16.3. The van der Waals surface area contributed by atoms with E-state index < -0.39 is 6.10 Å². The van der Waals surface area contributed by atoms with Crippen LogP contribution in [0.4, 0.5) is 0 Å². The maximum absolute atomic E-state index is 10.4. The summed E-state index contributed by atoms with van der Waals surface area (Å²) in [7, 11) is 1.65. The molecule has 0 saturated carbocycles. The Morgan fingerprint density at radius 2 is 1.76 bits per heavy atom. The average Bonchev–Trinajstić information content (AvgIpc) is 2.55. The van der Waals surface area contributed by atoms with Crippen LogP contribution in [-0.4, -0.2) is 60.8 Å². The van der Waals surface area contributed by atoms with Crippen molar-refractivity contribution in [3.8, 4) is 5.75 Å². The second kappa shape index (κ2) is 7.78. The number of hydrogen-bond donors (Lipinski definition) is 1. The zero-order chi connectivity index (χ0) is 15.2. The van der Waals surface area contributed by atoms with Crippen molar-refractivity contribution in [2.75, 3.05) is 39.8 Å². The minimum Gasteiger partial charge on any atom is -0.497 e. The number of β-amino-alcohol motifs (C(OH)–C–C–N with tert-alkyl or cyclic N) is 1. The maximum Gasteiger partial charge on any atom is 0.118 e. The Morgan fingerprint density at radius 1 is 1.14 bits per heavy atom. The van der Waals surface area contributed by atoms with E-state index in [0.29, 0.717) is 12.6 Å². The Hall–Kier alpha value is -1.10. The molecule has 1 aliphatic rings. The number of nitrogens with zero attached hydrogens (tertiary/aromatic N) is 2. The van der Waals surface area contributed by atoms with E-state index in [-0.39, 0.29) is 0 Å². The van der Waals surface area contributed by atoms with Crippen molar-refractivity contribution < 1.29 is 9.84 Å². The topological polar surface area (TPSA) is 35.9 Å². The van der Waals surface area contributed by atoms with E-state index in [1.54, 1.807) is 7.11 Å². The fraction of sp³-hybridized carbons (Fsp3) is 0.647. The molecule has 2 atom stereocenters. The zero-order valence-electron chi connectivity index (χ0n) is 13.5. The number of aliphatic hydroxyl groups is 1. The van der Waals surface area contributed by atoms with Gasteiger partial charge in [0, 0.05) is 38.8 Å². The Morgan fingerprint density at radius 3 is 2.29 bits per heavy atom. The van der Waals surface area contributed by atoms with Gasteiger partial charge in [-0.05, 0) is 31.0 Å². The summed E-state index contributed by atoms with van der Waals surface area (Å²) in [4.78, 5) is 4.89. The summed E-state index contributed by atoms with van der Waals surface area (Å²) in [6.45, 7) is 9.52. The lowest BCUT2D eigenvalue weighted by Crippen LogP contribution is -2.50. The molecule has 21 heavy (non-hydrogen) atoms. The van der Waals surface area contributed by atoms with Gasteiger partial charge in [0.25, 0.3) is 0 Å². The van der Waals surface area contributed by atoms with Gasteiger partial charge in [-0.15, -0.1) is 0 Å². The number of piperazine rings is 1. The zero-order valence-corrected chi connectivity index (χ0v) is 13.5. The largest absolute Gasteiger partial charge is 0.497 e. The van der Waals surface area contributed by atoms with Crippen LogP contribution in [0.15, 0.2) is 24.3 Å². The molecule has 1 aromatic rings. The predicted molar refractivity (Wildman–Crippen MR) is 85.7 cm³/mol. The Bertz CT molecular complexity index is 413. The summed E-state index contributed by atoms with van der Waals surface area (Å²) in [5, 5.41) is 10.4. The number of ether oxygens (including phenoxy) is 1. The first-order valence-corrected chi connectivity index (χ1v) is 7.92. The third kappa shape index (κ3) is 4.43. The lowest BCUT2D eigenvalue weighted by molar-refractivity contribution is 0.0584. The first-order valence-electron chi connectivity index (χ1n) is 7.92. The van der Waals surface area contributed by atoms with Crippen LogP contribution in [-0.2, 0) is 0 Å². The van der Waals surface area contributed by atoms with Crippen molar-refractivity contribution >= 4 is 0 Å². The number of rotatable bonds is 6. The molecule has 0 bridgehead atoms. The molecule has 0 amide bonds. The summed E-state index contributed by atoms with van der Waals surface area (Å²) in [6.07, 6.45) is 0.778. The van der Waals surface area contributed by atoms with E-state index in [9.17, 15) is 5.11 Å². The van der Waals surface area contributed by atoms with Gasteiger partial charge >= 0.3 is 0 Å². The molecular formula is C17H28N2O2. The second-order valence-corrected chi connectivity index (χ2v) is 5.88. The van der Waals surface area contributed by atoms with Crippen molar-refractivity contribution in [3.05, 3.63) is 29.8 Å². The molecule has 1 saturated heterocycles. The highest BCUT2D eigenvalue weighted by Crippen LogP contribution is 2.19. The fourth-order valence-electron chi connectivity index (χ4n) is 2.82.